The van der Waals surface area contributed by atoms with E-state index in [9.17, 15) is 4.79 Å². The summed E-state index contributed by atoms with van der Waals surface area (Å²) >= 11 is 2.06. The number of carboxylic acids is 1. The quantitative estimate of drug-likeness (QED) is 0.857. The molecule has 18 heavy (non-hydrogen) atoms. The molecule has 0 atom stereocenters. The third-order valence-electron chi connectivity index (χ3n) is 2.28. The number of nitrogens with zero attached hydrogens (tertiary/aromatic N) is 1. The zero-order chi connectivity index (χ0) is 13.1. The van der Waals surface area contributed by atoms with Crippen molar-refractivity contribution in [2.24, 2.45) is 0 Å². The molecular weight excluding hydrogens is 345 g/mol. The molecule has 92 valence electrons. The lowest BCUT2D eigenvalue weighted by Gasteiger charge is -2.08. The minimum Gasteiger partial charge on any atom is -0.478 e. The zero-order valence-corrected chi connectivity index (χ0v) is 11.7. The van der Waals surface area contributed by atoms with Crippen molar-refractivity contribution in [3.63, 3.8) is 0 Å². The number of carbonyl (C=O) groups is 1. The van der Waals surface area contributed by atoms with Crippen molar-refractivity contribution in [1.29, 1.82) is 0 Å². The molecule has 0 spiro atoms. The minimum atomic E-state index is -1.02. The number of aromatic nitrogens is 1. The molecule has 0 aliphatic carbocycles. The van der Waals surface area contributed by atoms with E-state index in [-0.39, 0.29) is 5.56 Å². The van der Waals surface area contributed by atoms with Crippen LogP contribution in [0.2, 0.25) is 0 Å². The maximum absolute atomic E-state index is 11.1. The van der Waals surface area contributed by atoms with Gasteiger partial charge in [-0.3, -0.25) is 0 Å². The van der Waals surface area contributed by atoms with E-state index in [1.54, 1.807) is 30.5 Å². The topological polar surface area (TPSA) is 59.4 Å². The molecule has 4 nitrogen and oxygen atoms in total. The van der Waals surface area contributed by atoms with Gasteiger partial charge >= 0.3 is 5.97 Å². The Kier molecular flexibility index (Phi) is 3.81. The summed E-state index contributed by atoms with van der Waals surface area (Å²) < 4.78 is 6.35. The minimum absolute atomic E-state index is 0.130. The summed E-state index contributed by atoms with van der Waals surface area (Å²) in [6.07, 6.45) is 1.62. The fourth-order valence-corrected chi connectivity index (χ4v) is 1.93. The fraction of sp³-hybridized carbons (Fsp3) is 0.0769. The maximum atomic E-state index is 11.1. The summed E-state index contributed by atoms with van der Waals surface area (Å²) in [6.45, 7) is 1.92. The van der Waals surface area contributed by atoms with Gasteiger partial charge in [0.25, 0.3) is 0 Å². The molecule has 0 radical (unpaired) electrons. The second-order valence-electron chi connectivity index (χ2n) is 3.72. The number of pyridine rings is 1. The molecule has 5 heteroatoms. The highest BCUT2D eigenvalue weighted by Crippen LogP contribution is 2.26. The molecule has 1 aromatic carbocycles. The van der Waals surface area contributed by atoms with Gasteiger partial charge in [0, 0.05) is 15.8 Å². The van der Waals surface area contributed by atoms with Crippen LogP contribution in [0.4, 0.5) is 0 Å². The van der Waals surface area contributed by atoms with Crippen molar-refractivity contribution in [3.8, 4) is 11.6 Å². The van der Waals surface area contributed by atoms with E-state index in [0.717, 1.165) is 9.13 Å². The third kappa shape index (κ3) is 2.98. The number of hydrogen-bond donors (Lipinski definition) is 1. The first kappa shape index (κ1) is 12.8. The van der Waals surface area contributed by atoms with E-state index in [4.69, 9.17) is 9.84 Å². The predicted octanol–water partition coefficient (Wildman–Crippen LogP) is 3.49. The number of rotatable bonds is 3. The van der Waals surface area contributed by atoms with Crippen LogP contribution in [0.1, 0.15) is 15.9 Å². The summed E-state index contributed by atoms with van der Waals surface area (Å²) in [7, 11) is 0. The Hall–Kier alpha value is -1.63. The lowest BCUT2D eigenvalue weighted by Crippen LogP contribution is -2.01. The lowest BCUT2D eigenvalue weighted by atomic mass is 10.2. The smallest absolute Gasteiger partial charge is 0.339 e. The van der Waals surface area contributed by atoms with Gasteiger partial charge in [0.15, 0.2) is 0 Å². The van der Waals surface area contributed by atoms with E-state index in [2.05, 4.69) is 27.6 Å². The van der Waals surface area contributed by atoms with E-state index < -0.39 is 5.97 Å². The molecule has 1 N–H and O–H groups in total. The summed E-state index contributed by atoms with van der Waals surface area (Å²) in [6, 6.07) is 8.59. The van der Waals surface area contributed by atoms with Crippen molar-refractivity contribution in [3.05, 3.63) is 51.2 Å². The van der Waals surface area contributed by atoms with E-state index in [1.165, 1.54) is 0 Å². The highest BCUT2D eigenvalue weighted by Gasteiger charge is 2.13. The molecule has 0 aliphatic rings. The molecule has 0 aliphatic heterocycles. The largest absolute Gasteiger partial charge is 0.478 e. The van der Waals surface area contributed by atoms with Crippen LogP contribution < -0.4 is 4.74 Å². The maximum Gasteiger partial charge on any atom is 0.339 e. The number of benzene rings is 1. The summed E-state index contributed by atoms with van der Waals surface area (Å²) in [5, 5.41) is 9.12. The van der Waals surface area contributed by atoms with Gasteiger partial charge in [0.05, 0.1) is 0 Å². The Balaban J connectivity index is 2.37. The molecule has 0 bridgehead atoms. The van der Waals surface area contributed by atoms with Crippen molar-refractivity contribution < 1.29 is 14.6 Å². The van der Waals surface area contributed by atoms with Crippen molar-refractivity contribution in [1.82, 2.24) is 4.98 Å². The third-order valence-corrected chi connectivity index (χ3v) is 2.95. The van der Waals surface area contributed by atoms with E-state index in [0.29, 0.717) is 11.6 Å². The van der Waals surface area contributed by atoms with E-state index >= 15 is 0 Å². The SMILES string of the molecule is Cc1ccnc(Oc2ccc(I)cc2C(=O)O)c1. The van der Waals surface area contributed by atoms with Crippen molar-refractivity contribution in [2.45, 2.75) is 6.92 Å². The van der Waals surface area contributed by atoms with Crippen LogP contribution in [0.5, 0.6) is 11.6 Å². The Morgan fingerprint density at radius 1 is 1.33 bits per heavy atom. The summed E-state index contributed by atoms with van der Waals surface area (Å²) in [4.78, 5) is 15.2. The molecule has 0 saturated heterocycles. The number of ether oxygens (including phenoxy) is 1. The molecule has 1 aromatic heterocycles. The molecular formula is C13H10INO3. The number of hydrogen-bond acceptors (Lipinski definition) is 3. The van der Waals surface area contributed by atoms with Crippen molar-refractivity contribution in [2.75, 3.05) is 0 Å². The van der Waals surface area contributed by atoms with Crippen LogP contribution >= 0.6 is 22.6 Å². The van der Waals surface area contributed by atoms with Crippen molar-refractivity contribution >= 4 is 28.6 Å². The first-order valence-corrected chi connectivity index (χ1v) is 6.27. The molecule has 1 heterocycles. The number of aryl methyl sites for hydroxylation is 1. The summed E-state index contributed by atoms with van der Waals surface area (Å²) in [5.41, 5.74) is 1.13. The second-order valence-corrected chi connectivity index (χ2v) is 4.96. The molecule has 0 unspecified atom stereocenters. The van der Waals surface area contributed by atoms with Crippen LogP contribution in [0.3, 0.4) is 0 Å². The normalized spacial score (nSPS) is 10.1. The van der Waals surface area contributed by atoms with Gasteiger partial charge in [-0.25, -0.2) is 9.78 Å². The average molecular weight is 355 g/mol. The van der Waals surface area contributed by atoms with Gasteiger partial charge in [-0.1, -0.05) is 0 Å². The second kappa shape index (κ2) is 5.34. The molecule has 0 fully saturated rings. The highest BCUT2D eigenvalue weighted by molar-refractivity contribution is 14.1. The van der Waals surface area contributed by atoms with Crippen LogP contribution in [0.25, 0.3) is 0 Å². The van der Waals surface area contributed by atoms with Crippen LogP contribution in [-0.2, 0) is 0 Å². The molecule has 0 amide bonds. The van der Waals surface area contributed by atoms with Gasteiger partial charge in [-0.05, 0) is 59.3 Å². The van der Waals surface area contributed by atoms with Crippen LogP contribution in [0, 0.1) is 10.5 Å². The number of aromatic carboxylic acids is 1. The standard InChI is InChI=1S/C13H10INO3/c1-8-4-5-15-12(6-8)18-11-3-2-9(14)7-10(11)13(16)17/h2-7H,1H3,(H,16,17). The number of halogens is 1. The first-order chi connectivity index (χ1) is 8.56. The summed E-state index contributed by atoms with van der Waals surface area (Å²) in [5.74, 6) is -0.337. The van der Waals surface area contributed by atoms with Gasteiger partial charge in [-0.15, -0.1) is 0 Å². The Morgan fingerprint density at radius 2 is 2.11 bits per heavy atom. The predicted molar refractivity (Wildman–Crippen MR) is 75.2 cm³/mol. The zero-order valence-electron chi connectivity index (χ0n) is 9.55. The average Bonchev–Trinajstić information content (AvgIpc) is 2.31. The Bertz CT molecular complexity index is 599. The first-order valence-electron chi connectivity index (χ1n) is 5.19. The Labute approximate surface area is 118 Å². The molecule has 0 saturated carbocycles. The molecule has 2 aromatic rings. The molecule has 2 rings (SSSR count). The van der Waals surface area contributed by atoms with E-state index in [1.807, 2.05) is 13.0 Å². The monoisotopic (exact) mass is 355 g/mol. The fourth-order valence-electron chi connectivity index (χ4n) is 1.44. The van der Waals surface area contributed by atoms with Gasteiger partial charge < -0.3 is 9.84 Å². The van der Waals surface area contributed by atoms with Crippen LogP contribution in [-0.4, -0.2) is 16.1 Å². The van der Waals surface area contributed by atoms with Crippen LogP contribution in [0.15, 0.2) is 36.5 Å². The van der Waals surface area contributed by atoms with Gasteiger partial charge in [0.1, 0.15) is 11.3 Å². The number of carboxylic acid groups (broad SMARTS) is 1. The highest BCUT2D eigenvalue weighted by atomic mass is 127. The lowest BCUT2D eigenvalue weighted by molar-refractivity contribution is 0.0694. The van der Waals surface area contributed by atoms with Gasteiger partial charge in [0.2, 0.25) is 5.88 Å². The Morgan fingerprint density at radius 3 is 2.78 bits per heavy atom. The van der Waals surface area contributed by atoms with Gasteiger partial charge in [-0.2, -0.15) is 0 Å².